The highest BCUT2D eigenvalue weighted by Gasteiger charge is 2.33. The number of hydrogen-bond donors (Lipinski definition) is 1. The summed E-state index contributed by atoms with van der Waals surface area (Å²) in [5, 5.41) is 8.39. The number of nitrogens with zero attached hydrogens (tertiary/aromatic N) is 1. The van der Waals surface area contributed by atoms with E-state index in [1.165, 1.54) is 11.8 Å². The Hall–Kier alpha value is -0.920. The summed E-state index contributed by atoms with van der Waals surface area (Å²) in [5.74, 6) is -1.89. The number of carbonyl (C=O) groups excluding carboxylic acids is 1. The predicted molar refractivity (Wildman–Crippen MR) is 53.3 cm³/mol. The molecule has 0 aromatic rings. The van der Waals surface area contributed by atoms with Crippen LogP contribution < -0.4 is 0 Å². The van der Waals surface area contributed by atoms with E-state index in [1.807, 2.05) is 0 Å². The molecule has 0 bridgehead atoms. The van der Waals surface area contributed by atoms with Crippen LogP contribution in [0.15, 0.2) is 0 Å². The van der Waals surface area contributed by atoms with Gasteiger partial charge in [0.15, 0.2) is 0 Å². The fourth-order valence-corrected chi connectivity index (χ4v) is 1.34. The summed E-state index contributed by atoms with van der Waals surface area (Å²) in [4.78, 5) is 21.9. The Morgan fingerprint density at radius 2 is 1.94 bits per heavy atom. The van der Waals surface area contributed by atoms with Gasteiger partial charge in [0.2, 0.25) is 5.91 Å². The van der Waals surface area contributed by atoms with E-state index in [1.54, 1.807) is 6.26 Å². The summed E-state index contributed by atoms with van der Waals surface area (Å²) >= 11 is 1.31. The minimum Gasteiger partial charge on any atom is -0.480 e. The third kappa shape index (κ3) is 7.38. The number of thioether (sulfide) groups is 1. The van der Waals surface area contributed by atoms with Crippen LogP contribution in [-0.4, -0.2) is 53.2 Å². The Kier molecular flexibility index (Phi) is 6.24. The maximum Gasteiger partial charge on any atom is 0.406 e. The topological polar surface area (TPSA) is 57.6 Å². The van der Waals surface area contributed by atoms with Gasteiger partial charge in [-0.1, -0.05) is 0 Å². The van der Waals surface area contributed by atoms with Crippen molar-refractivity contribution in [1.29, 1.82) is 0 Å². The Bertz CT molecular complexity index is 257. The van der Waals surface area contributed by atoms with E-state index in [4.69, 9.17) is 5.11 Å². The fourth-order valence-electron chi connectivity index (χ4n) is 0.959. The first kappa shape index (κ1) is 15.1. The van der Waals surface area contributed by atoms with Crippen LogP contribution in [-0.2, 0) is 9.59 Å². The highest BCUT2D eigenvalue weighted by atomic mass is 32.2. The second-order valence-corrected chi connectivity index (χ2v) is 3.99. The van der Waals surface area contributed by atoms with E-state index in [9.17, 15) is 22.8 Å². The summed E-state index contributed by atoms with van der Waals surface area (Å²) in [5.41, 5.74) is 0. The van der Waals surface area contributed by atoms with Gasteiger partial charge >= 0.3 is 12.1 Å². The number of alkyl halides is 3. The van der Waals surface area contributed by atoms with Crippen molar-refractivity contribution < 1.29 is 27.9 Å². The van der Waals surface area contributed by atoms with Gasteiger partial charge in [0.1, 0.15) is 13.1 Å². The van der Waals surface area contributed by atoms with Gasteiger partial charge in [-0.25, -0.2) is 0 Å². The molecule has 0 saturated heterocycles. The van der Waals surface area contributed by atoms with Gasteiger partial charge in [-0.05, 0) is 6.26 Å². The number of carbonyl (C=O) groups is 2. The normalized spacial score (nSPS) is 11.2. The molecule has 0 unspecified atom stereocenters. The molecular formula is C8H12F3NO3S. The van der Waals surface area contributed by atoms with Gasteiger partial charge in [0.25, 0.3) is 0 Å². The fraction of sp³-hybridized carbons (Fsp3) is 0.750. The average Bonchev–Trinajstić information content (AvgIpc) is 2.10. The maximum atomic E-state index is 12.0. The standard InChI is InChI=1S/C8H12F3NO3S/c1-16-3-2-6(13)12(4-7(14)15)5-8(9,10)11/h2-5H2,1H3,(H,14,15). The first-order valence-electron chi connectivity index (χ1n) is 4.31. The van der Waals surface area contributed by atoms with Crippen LogP contribution in [0.3, 0.4) is 0 Å². The molecule has 0 aromatic heterocycles. The number of amides is 1. The second kappa shape index (κ2) is 6.62. The van der Waals surface area contributed by atoms with Crippen molar-refractivity contribution in [2.75, 3.05) is 25.1 Å². The van der Waals surface area contributed by atoms with Crippen molar-refractivity contribution in [3.63, 3.8) is 0 Å². The Balaban J connectivity index is 4.41. The van der Waals surface area contributed by atoms with Crippen LogP contribution in [0.1, 0.15) is 6.42 Å². The number of hydrogen-bond acceptors (Lipinski definition) is 3. The summed E-state index contributed by atoms with van der Waals surface area (Å²) < 4.78 is 36.1. The zero-order valence-corrected chi connectivity index (χ0v) is 9.40. The number of halogens is 3. The number of carboxylic acids is 1. The van der Waals surface area contributed by atoms with Crippen LogP contribution in [0.25, 0.3) is 0 Å². The largest absolute Gasteiger partial charge is 0.480 e. The molecule has 0 fully saturated rings. The number of rotatable bonds is 6. The zero-order chi connectivity index (χ0) is 12.8. The molecule has 4 nitrogen and oxygen atoms in total. The quantitative estimate of drug-likeness (QED) is 0.779. The molecular weight excluding hydrogens is 247 g/mol. The number of carboxylic acid groups (broad SMARTS) is 1. The lowest BCUT2D eigenvalue weighted by Gasteiger charge is -2.21. The molecule has 0 saturated carbocycles. The molecule has 0 rings (SSSR count). The van der Waals surface area contributed by atoms with Crippen molar-refractivity contribution in [2.24, 2.45) is 0 Å². The van der Waals surface area contributed by atoms with Crippen molar-refractivity contribution in [2.45, 2.75) is 12.6 Å². The summed E-state index contributed by atoms with van der Waals surface area (Å²) in [6, 6.07) is 0. The monoisotopic (exact) mass is 259 g/mol. The summed E-state index contributed by atoms with van der Waals surface area (Å²) in [6.45, 7) is -2.45. The first-order valence-corrected chi connectivity index (χ1v) is 5.71. The highest BCUT2D eigenvalue weighted by Crippen LogP contribution is 2.17. The van der Waals surface area contributed by atoms with Crippen molar-refractivity contribution in [1.82, 2.24) is 4.90 Å². The molecule has 94 valence electrons. The number of aliphatic carboxylic acids is 1. The van der Waals surface area contributed by atoms with Crippen molar-refractivity contribution in [3.8, 4) is 0 Å². The lowest BCUT2D eigenvalue weighted by Crippen LogP contribution is -2.42. The molecule has 1 N–H and O–H groups in total. The van der Waals surface area contributed by atoms with Gasteiger partial charge in [-0.2, -0.15) is 24.9 Å². The molecule has 0 aliphatic carbocycles. The highest BCUT2D eigenvalue weighted by molar-refractivity contribution is 7.98. The summed E-state index contributed by atoms with van der Waals surface area (Å²) in [7, 11) is 0. The minimum atomic E-state index is -4.58. The third-order valence-electron chi connectivity index (χ3n) is 1.57. The molecule has 0 aliphatic rings. The minimum absolute atomic E-state index is 0.0927. The molecule has 0 heterocycles. The van der Waals surface area contributed by atoms with E-state index in [-0.39, 0.29) is 6.42 Å². The summed E-state index contributed by atoms with van der Waals surface area (Å²) in [6.07, 6.45) is -2.96. The maximum absolute atomic E-state index is 12.0. The predicted octanol–water partition coefficient (Wildman–Crippen LogP) is 1.22. The average molecular weight is 259 g/mol. The molecule has 8 heteroatoms. The van der Waals surface area contributed by atoms with E-state index in [0.717, 1.165) is 0 Å². The smallest absolute Gasteiger partial charge is 0.406 e. The van der Waals surface area contributed by atoms with Crippen molar-refractivity contribution >= 4 is 23.6 Å². The van der Waals surface area contributed by atoms with Crippen LogP contribution in [0.5, 0.6) is 0 Å². The van der Waals surface area contributed by atoms with E-state index < -0.39 is 31.1 Å². The van der Waals surface area contributed by atoms with Gasteiger partial charge in [-0.3, -0.25) is 9.59 Å². The van der Waals surface area contributed by atoms with Crippen LogP contribution >= 0.6 is 11.8 Å². The lowest BCUT2D eigenvalue weighted by atomic mass is 10.3. The zero-order valence-electron chi connectivity index (χ0n) is 8.58. The third-order valence-corrected chi connectivity index (χ3v) is 2.18. The first-order chi connectivity index (χ1) is 7.26. The molecule has 0 radical (unpaired) electrons. The molecule has 1 amide bonds. The van der Waals surface area contributed by atoms with Gasteiger partial charge < -0.3 is 10.0 Å². The molecule has 0 atom stereocenters. The van der Waals surface area contributed by atoms with E-state index >= 15 is 0 Å². The molecule has 0 aromatic carbocycles. The van der Waals surface area contributed by atoms with E-state index in [0.29, 0.717) is 10.7 Å². The van der Waals surface area contributed by atoms with Crippen LogP contribution in [0, 0.1) is 0 Å². The van der Waals surface area contributed by atoms with Crippen LogP contribution in [0.4, 0.5) is 13.2 Å². The van der Waals surface area contributed by atoms with E-state index in [2.05, 4.69) is 0 Å². The lowest BCUT2D eigenvalue weighted by molar-refractivity contribution is -0.165. The van der Waals surface area contributed by atoms with Gasteiger partial charge in [-0.15, -0.1) is 0 Å². The Labute approximate surface area is 94.8 Å². The van der Waals surface area contributed by atoms with Crippen molar-refractivity contribution in [3.05, 3.63) is 0 Å². The molecule has 0 spiro atoms. The van der Waals surface area contributed by atoms with Crippen LogP contribution in [0.2, 0.25) is 0 Å². The Morgan fingerprint density at radius 1 is 1.38 bits per heavy atom. The van der Waals surface area contributed by atoms with Gasteiger partial charge in [0.05, 0.1) is 0 Å². The van der Waals surface area contributed by atoms with Gasteiger partial charge in [0, 0.05) is 12.2 Å². The molecule has 0 aliphatic heterocycles. The second-order valence-electron chi connectivity index (χ2n) is 3.00. The molecule has 16 heavy (non-hydrogen) atoms. The Morgan fingerprint density at radius 3 is 2.31 bits per heavy atom. The SMILES string of the molecule is CSCCC(=O)N(CC(=O)O)CC(F)(F)F.